The lowest BCUT2D eigenvalue weighted by Crippen LogP contribution is -2.17. The molecule has 0 radical (unpaired) electrons. The Hall–Kier alpha value is -7.30. The molecule has 9 aromatic carbocycles. The smallest absolute Gasteiger partial charge is 0.159 e. The monoisotopic (exact) mass is 943 g/mol. The summed E-state index contributed by atoms with van der Waals surface area (Å²) in [7, 11) is 0. The number of allylic oxidation sites excluding steroid dienone is 4. The van der Waals surface area contributed by atoms with Gasteiger partial charge in [-0.2, -0.15) is 0 Å². The Morgan fingerprint density at radius 3 is 1.50 bits per heavy atom. The van der Waals surface area contributed by atoms with Crippen LogP contribution in [0.1, 0.15) is 127 Å². The summed E-state index contributed by atoms with van der Waals surface area (Å²) in [4.78, 5) is 4.96. The van der Waals surface area contributed by atoms with Gasteiger partial charge < -0.3 is 18.6 Å². The van der Waals surface area contributed by atoms with Gasteiger partial charge in [0.2, 0.25) is 0 Å². The van der Waals surface area contributed by atoms with Gasteiger partial charge in [0, 0.05) is 43.7 Å². The highest BCUT2D eigenvalue weighted by Gasteiger charge is 2.29. The molecule has 2 fully saturated rings. The van der Waals surface area contributed by atoms with Gasteiger partial charge in [-0.1, -0.05) is 187 Å². The molecule has 72 heavy (non-hydrogen) atoms. The number of nitrogens with zero attached hydrogens (tertiary/aromatic N) is 2. The molecule has 2 aliphatic carbocycles. The van der Waals surface area contributed by atoms with Crippen molar-refractivity contribution in [3.05, 3.63) is 186 Å². The van der Waals surface area contributed by atoms with Gasteiger partial charge in [-0.05, 0) is 132 Å². The van der Waals surface area contributed by atoms with E-state index in [1.54, 1.807) is 0 Å². The van der Waals surface area contributed by atoms with E-state index in [1.807, 2.05) is 13.8 Å². The molecule has 2 aliphatic rings. The lowest BCUT2D eigenvalue weighted by molar-refractivity contribution is 0.442. The summed E-state index contributed by atoms with van der Waals surface area (Å²) >= 11 is 0. The number of hydrogen-bond donors (Lipinski definition) is 0. The molecule has 0 aliphatic heterocycles. The Bertz CT molecular complexity index is 3830. The van der Waals surface area contributed by atoms with E-state index in [-0.39, 0.29) is 0 Å². The summed E-state index contributed by atoms with van der Waals surface area (Å²) in [6.45, 7) is 10.6. The minimum Gasteiger partial charge on any atom is -0.454 e. The van der Waals surface area contributed by atoms with Gasteiger partial charge >= 0.3 is 0 Å². The number of rotatable bonds is 10. The minimum atomic E-state index is 0.532. The molecule has 0 amide bonds. The van der Waals surface area contributed by atoms with Gasteiger partial charge in [0.1, 0.15) is 11.2 Å². The van der Waals surface area contributed by atoms with Crippen LogP contribution in [-0.4, -0.2) is 0 Å². The standard InChI is InChI=1S/C66H60N2O2.C2H6/c1-4-6-24-47(5-2)67(59-32-17-29-52-50-27-15-25-48(63(50)69-65(52)59)43-20-9-7-10-21-43)57-40-36-45-35-39-55-58(41-37-46-34-38-54(57)61(45)62(46)55)68(56-31-14-13-19-42(56)3)60-33-18-30-53-51-28-16-26-49(64(51)70-66(53)60)44-22-11-8-12-23-44;1-2/h4,6,13-19,24-41,43-44H,5,7-12,20-23H2,1-3H3;1-2H3/b6-4-,47-24+;. The molecule has 0 unspecified atom stereocenters. The summed E-state index contributed by atoms with van der Waals surface area (Å²) in [6, 6.07) is 54.6. The van der Waals surface area contributed by atoms with Crippen LogP contribution < -0.4 is 9.80 Å². The van der Waals surface area contributed by atoms with Crippen LogP contribution in [0.3, 0.4) is 0 Å². The van der Waals surface area contributed by atoms with Crippen LogP contribution in [0.25, 0.3) is 76.2 Å². The summed E-state index contributed by atoms with van der Waals surface area (Å²) in [5.41, 5.74) is 14.6. The fourth-order valence-corrected chi connectivity index (χ4v) is 12.8. The molecule has 13 rings (SSSR count). The van der Waals surface area contributed by atoms with Gasteiger partial charge in [0.25, 0.3) is 0 Å². The van der Waals surface area contributed by atoms with Crippen LogP contribution in [0.4, 0.5) is 28.4 Å². The number of anilines is 5. The van der Waals surface area contributed by atoms with E-state index < -0.39 is 0 Å². The molecular formula is C68H66N2O2. The van der Waals surface area contributed by atoms with Crippen LogP contribution >= 0.6 is 0 Å². The second-order valence-corrected chi connectivity index (χ2v) is 20.2. The van der Waals surface area contributed by atoms with Gasteiger partial charge in [0.05, 0.1) is 22.7 Å². The Morgan fingerprint density at radius 2 is 0.944 bits per heavy atom. The number of fused-ring (bicyclic) bond motifs is 6. The fraction of sp³-hybridized carbons (Fsp3) is 0.265. The zero-order valence-corrected chi connectivity index (χ0v) is 42.7. The molecular weight excluding hydrogens is 877 g/mol. The zero-order valence-electron chi connectivity index (χ0n) is 42.7. The summed E-state index contributed by atoms with van der Waals surface area (Å²) in [5.74, 6) is 1.07. The van der Waals surface area contributed by atoms with Crippen LogP contribution in [0, 0.1) is 6.92 Å². The normalized spacial score (nSPS) is 15.3. The Kier molecular flexibility index (Phi) is 12.3. The van der Waals surface area contributed by atoms with Gasteiger partial charge in [-0.3, -0.25) is 0 Å². The first-order valence-corrected chi connectivity index (χ1v) is 27.2. The largest absolute Gasteiger partial charge is 0.454 e. The molecule has 0 atom stereocenters. The fourth-order valence-electron chi connectivity index (χ4n) is 12.8. The van der Waals surface area contributed by atoms with Crippen molar-refractivity contribution in [1.82, 2.24) is 0 Å². The van der Waals surface area contributed by atoms with E-state index in [2.05, 4.69) is 194 Å². The number of para-hydroxylation sites is 5. The van der Waals surface area contributed by atoms with Crippen LogP contribution in [0.5, 0.6) is 0 Å². The Balaban J connectivity index is 0.00000262. The number of benzene rings is 9. The van der Waals surface area contributed by atoms with Gasteiger partial charge in [0.15, 0.2) is 11.2 Å². The summed E-state index contributed by atoms with van der Waals surface area (Å²) in [5, 5.41) is 12.1. The second kappa shape index (κ2) is 19.4. The zero-order chi connectivity index (χ0) is 48.9. The maximum atomic E-state index is 7.22. The van der Waals surface area contributed by atoms with Crippen molar-refractivity contribution < 1.29 is 8.83 Å². The van der Waals surface area contributed by atoms with E-state index in [1.165, 1.54) is 135 Å². The Morgan fingerprint density at radius 1 is 0.472 bits per heavy atom. The predicted molar refractivity (Wildman–Crippen MR) is 309 cm³/mol. The lowest BCUT2D eigenvalue weighted by atomic mass is 9.83. The molecule has 11 aromatic rings. The van der Waals surface area contributed by atoms with Gasteiger partial charge in [-0.15, -0.1) is 0 Å². The average molecular weight is 943 g/mol. The predicted octanol–water partition coefficient (Wildman–Crippen LogP) is 21.3. The minimum absolute atomic E-state index is 0.532. The van der Waals surface area contributed by atoms with Crippen molar-refractivity contribution >= 4 is 105 Å². The van der Waals surface area contributed by atoms with Crippen LogP contribution in [-0.2, 0) is 0 Å². The highest BCUT2D eigenvalue weighted by Crippen LogP contribution is 2.51. The second-order valence-electron chi connectivity index (χ2n) is 20.2. The highest BCUT2D eigenvalue weighted by atomic mass is 16.3. The summed E-state index contributed by atoms with van der Waals surface area (Å²) in [6.07, 6.45) is 20.1. The molecule has 2 saturated carbocycles. The number of hydrogen-bond acceptors (Lipinski definition) is 4. The first-order valence-electron chi connectivity index (χ1n) is 27.2. The third-order valence-corrected chi connectivity index (χ3v) is 16.2. The number of furan rings is 2. The molecule has 4 nitrogen and oxygen atoms in total. The van der Waals surface area contributed by atoms with Crippen molar-refractivity contribution in [1.29, 1.82) is 0 Å². The molecule has 0 spiro atoms. The third kappa shape index (κ3) is 7.56. The van der Waals surface area contributed by atoms with Crippen LogP contribution in [0.15, 0.2) is 178 Å². The van der Waals surface area contributed by atoms with E-state index in [9.17, 15) is 0 Å². The first-order chi connectivity index (χ1) is 35.6. The molecule has 0 bridgehead atoms. The highest BCUT2D eigenvalue weighted by molar-refractivity contribution is 6.28. The van der Waals surface area contributed by atoms with Crippen molar-refractivity contribution in [3.8, 4) is 0 Å². The Labute approximate surface area is 424 Å². The summed E-state index contributed by atoms with van der Waals surface area (Å²) < 4.78 is 14.4. The quantitative estimate of drug-likeness (QED) is 0.101. The van der Waals surface area contributed by atoms with E-state index in [0.717, 1.165) is 62.6 Å². The van der Waals surface area contributed by atoms with Crippen molar-refractivity contribution in [2.24, 2.45) is 0 Å². The number of aryl methyl sites for hydroxylation is 1. The topological polar surface area (TPSA) is 32.8 Å². The molecule has 360 valence electrons. The van der Waals surface area contributed by atoms with E-state index in [4.69, 9.17) is 8.83 Å². The SMILES string of the molecule is C/C=C\C=C(/CC)N(c1ccc2ccc3c(N(c4ccccc4C)c4cccc5c4oc4c(C6CCCCC6)cccc45)ccc4ccc1c2c43)c1cccc2c1oc1c(C3CCCCC3)cccc12.CC. The van der Waals surface area contributed by atoms with Crippen molar-refractivity contribution in [2.45, 2.75) is 117 Å². The average Bonchev–Trinajstić information content (AvgIpc) is 4.03. The first kappa shape index (κ1) is 45.8. The lowest BCUT2D eigenvalue weighted by Gasteiger charge is -2.30. The van der Waals surface area contributed by atoms with Crippen LogP contribution in [0.2, 0.25) is 0 Å². The third-order valence-electron chi connectivity index (χ3n) is 16.2. The molecule has 2 aromatic heterocycles. The van der Waals surface area contributed by atoms with Crippen molar-refractivity contribution in [3.63, 3.8) is 0 Å². The maximum absolute atomic E-state index is 7.22. The van der Waals surface area contributed by atoms with Crippen molar-refractivity contribution in [2.75, 3.05) is 9.80 Å². The molecule has 0 saturated heterocycles. The molecule has 0 N–H and O–H groups in total. The van der Waals surface area contributed by atoms with Gasteiger partial charge in [-0.25, -0.2) is 0 Å². The maximum Gasteiger partial charge on any atom is 0.159 e. The molecule has 4 heteroatoms. The molecule has 2 heterocycles. The van der Waals surface area contributed by atoms with E-state index in [0.29, 0.717) is 11.8 Å². The van der Waals surface area contributed by atoms with E-state index >= 15 is 0 Å².